The van der Waals surface area contributed by atoms with Gasteiger partial charge in [0.15, 0.2) is 0 Å². The van der Waals surface area contributed by atoms with Gasteiger partial charge in [-0.05, 0) is 19.1 Å². The second-order valence-electron chi connectivity index (χ2n) is 3.07. The molecule has 0 saturated carbocycles. The van der Waals surface area contributed by atoms with Gasteiger partial charge in [-0.15, -0.1) is 0 Å². The molecule has 1 aliphatic rings. The van der Waals surface area contributed by atoms with E-state index in [0.29, 0.717) is 0 Å². The largest absolute Gasteiger partial charge is 0.462 e. The summed E-state index contributed by atoms with van der Waals surface area (Å²) in [5.41, 5.74) is 2.15. The van der Waals surface area contributed by atoms with Gasteiger partial charge in [0, 0.05) is 24.4 Å². The molecule has 3 nitrogen and oxygen atoms in total. The van der Waals surface area contributed by atoms with Crippen LogP contribution < -0.4 is 10.1 Å². The van der Waals surface area contributed by atoms with Gasteiger partial charge in [0.1, 0.15) is 12.0 Å². The van der Waals surface area contributed by atoms with Crippen LogP contribution in [0.5, 0.6) is 5.75 Å². The third kappa shape index (κ3) is 1.99. The molecule has 0 radical (unpaired) electrons. The van der Waals surface area contributed by atoms with Crippen LogP contribution in [0.15, 0.2) is 30.3 Å². The van der Waals surface area contributed by atoms with Crippen LogP contribution in [0.25, 0.3) is 0 Å². The molecular weight excluding hydrogens is 164 g/mol. The molecule has 0 aromatic carbocycles. The smallest absolute Gasteiger partial charge is 0.144 e. The molecule has 1 aromatic heterocycles. The third-order valence-corrected chi connectivity index (χ3v) is 1.97. The maximum Gasteiger partial charge on any atom is 0.144 e. The minimum Gasteiger partial charge on any atom is -0.462 e. The summed E-state index contributed by atoms with van der Waals surface area (Å²) in [5.74, 6) is 0.784. The fourth-order valence-electron chi connectivity index (χ4n) is 1.03. The van der Waals surface area contributed by atoms with Gasteiger partial charge in [-0.3, -0.25) is 4.98 Å². The number of aryl methyl sites for hydroxylation is 1. The summed E-state index contributed by atoms with van der Waals surface area (Å²) in [7, 11) is 0. The zero-order valence-electron chi connectivity index (χ0n) is 7.58. The molecule has 0 amide bonds. The SMILES string of the molecule is Cc1ccc(O/C=C2\CCN2)cn1. The van der Waals surface area contributed by atoms with Gasteiger partial charge in [-0.2, -0.15) is 0 Å². The van der Waals surface area contributed by atoms with Gasteiger partial charge < -0.3 is 10.1 Å². The predicted molar refractivity (Wildman–Crippen MR) is 50.3 cm³/mol. The quantitative estimate of drug-likeness (QED) is 0.695. The van der Waals surface area contributed by atoms with Gasteiger partial charge in [0.25, 0.3) is 0 Å². The number of pyridine rings is 1. The Hall–Kier alpha value is -1.51. The summed E-state index contributed by atoms with van der Waals surface area (Å²) >= 11 is 0. The van der Waals surface area contributed by atoms with E-state index in [1.54, 1.807) is 12.5 Å². The molecule has 1 N–H and O–H groups in total. The van der Waals surface area contributed by atoms with Crippen LogP contribution in [-0.4, -0.2) is 11.5 Å². The van der Waals surface area contributed by atoms with Crippen LogP contribution in [0, 0.1) is 6.92 Å². The van der Waals surface area contributed by atoms with Crippen molar-refractivity contribution in [1.29, 1.82) is 0 Å². The number of hydrogen-bond donors (Lipinski definition) is 1. The Balaban J connectivity index is 1.97. The molecule has 0 unspecified atom stereocenters. The van der Waals surface area contributed by atoms with E-state index < -0.39 is 0 Å². The first-order valence-electron chi connectivity index (χ1n) is 4.37. The van der Waals surface area contributed by atoms with Crippen LogP contribution in [-0.2, 0) is 0 Å². The first kappa shape index (κ1) is 8.10. The van der Waals surface area contributed by atoms with E-state index in [-0.39, 0.29) is 0 Å². The Morgan fingerprint density at radius 1 is 1.54 bits per heavy atom. The number of nitrogens with one attached hydrogen (secondary N) is 1. The maximum atomic E-state index is 5.38. The zero-order chi connectivity index (χ0) is 9.10. The molecule has 1 fully saturated rings. The normalized spacial score (nSPS) is 17.8. The molecule has 68 valence electrons. The fraction of sp³-hybridized carbons (Fsp3) is 0.300. The van der Waals surface area contributed by atoms with Crippen molar-refractivity contribution in [3.8, 4) is 5.75 Å². The zero-order valence-corrected chi connectivity index (χ0v) is 7.58. The lowest BCUT2D eigenvalue weighted by molar-refractivity contribution is 0.450. The van der Waals surface area contributed by atoms with E-state index in [4.69, 9.17) is 4.74 Å². The Morgan fingerprint density at radius 3 is 2.92 bits per heavy atom. The lowest BCUT2D eigenvalue weighted by Gasteiger charge is -2.18. The Kier molecular flexibility index (Phi) is 2.17. The van der Waals surface area contributed by atoms with Crippen molar-refractivity contribution in [2.24, 2.45) is 0 Å². The van der Waals surface area contributed by atoms with Crippen LogP contribution in [0.2, 0.25) is 0 Å². The highest BCUT2D eigenvalue weighted by molar-refractivity contribution is 5.21. The predicted octanol–water partition coefficient (Wildman–Crippen LogP) is 1.60. The number of nitrogens with zero attached hydrogens (tertiary/aromatic N) is 1. The number of ether oxygens (including phenoxy) is 1. The fourth-order valence-corrected chi connectivity index (χ4v) is 1.03. The van der Waals surface area contributed by atoms with Crippen molar-refractivity contribution in [2.75, 3.05) is 6.54 Å². The van der Waals surface area contributed by atoms with Crippen molar-refractivity contribution >= 4 is 0 Å². The molecular formula is C10H12N2O. The topological polar surface area (TPSA) is 34.1 Å². The summed E-state index contributed by atoms with van der Waals surface area (Å²) in [6.07, 6.45) is 4.56. The van der Waals surface area contributed by atoms with E-state index in [2.05, 4.69) is 10.3 Å². The molecule has 0 bridgehead atoms. The molecule has 3 heteroatoms. The Labute approximate surface area is 77.4 Å². The molecule has 2 rings (SSSR count). The monoisotopic (exact) mass is 176 g/mol. The molecule has 13 heavy (non-hydrogen) atoms. The first-order chi connectivity index (χ1) is 6.34. The lowest BCUT2D eigenvalue weighted by Crippen LogP contribution is -2.27. The maximum absolute atomic E-state index is 5.38. The van der Waals surface area contributed by atoms with Crippen LogP contribution >= 0.6 is 0 Å². The molecule has 1 aliphatic heterocycles. The average molecular weight is 176 g/mol. The standard InChI is InChI=1S/C10H12N2O/c1-8-2-3-10(6-12-8)13-7-9-4-5-11-9/h2-3,6-7,11H,4-5H2,1H3/b9-7+. The van der Waals surface area contributed by atoms with Crippen molar-refractivity contribution in [1.82, 2.24) is 10.3 Å². The first-order valence-corrected chi connectivity index (χ1v) is 4.37. The molecule has 2 heterocycles. The molecule has 0 spiro atoms. The number of aromatic nitrogens is 1. The van der Waals surface area contributed by atoms with Gasteiger partial charge in [-0.25, -0.2) is 0 Å². The Morgan fingerprint density at radius 2 is 2.38 bits per heavy atom. The van der Waals surface area contributed by atoms with E-state index in [0.717, 1.165) is 30.1 Å². The molecule has 0 aliphatic carbocycles. The van der Waals surface area contributed by atoms with Crippen molar-refractivity contribution < 1.29 is 4.74 Å². The van der Waals surface area contributed by atoms with Gasteiger partial charge in [-0.1, -0.05) is 0 Å². The summed E-state index contributed by atoms with van der Waals surface area (Å²) < 4.78 is 5.38. The van der Waals surface area contributed by atoms with Crippen molar-refractivity contribution in [2.45, 2.75) is 13.3 Å². The van der Waals surface area contributed by atoms with Crippen molar-refractivity contribution in [3.05, 3.63) is 36.0 Å². The highest BCUT2D eigenvalue weighted by Gasteiger charge is 2.06. The lowest BCUT2D eigenvalue weighted by atomic mass is 10.2. The molecule has 0 atom stereocenters. The van der Waals surface area contributed by atoms with Crippen LogP contribution in [0.3, 0.4) is 0 Å². The minimum atomic E-state index is 0.784. The number of hydrogen-bond acceptors (Lipinski definition) is 3. The van der Waals surface area contributed by atoms with Gasteiger partial charge in [0.05, 0.1) is 6.20 Å². The van der Waals surface area contributed by atoms with Crippen molar-refractivity contribution in [3.63, 3.8) is 0 Å². The van der Waals surface area contributed by atoms with E-state index in [1.807, 2.05) is 19.1 Å². The summed E-state index contributed by atoms with van der Waals surface area (Å²) in [5, 5.41) is 3.14. The third-order valence-electron chi connectivity index (χ3n) is 1.97. The number of rotatable bonds is 2. The van der Waals surface area contributed by atoms with Gasteiger partial charge in [0.2, 0.25) is 0 Å². The highest BCUT2D eigenvalue weighted by Crippen LogP contribution is 2.12. The summed E-state index contributed by atoms with van der Waals surface area (Å²) in [4.78, 5) is 4.13. The second-order valence-corrected chi connectivity index (χ2v) is 3.07. The van der Waals surface area contributed by atoms with E-state index in [9.17, 15) is 0 Å². The van der Waals surface area contributed by atoms with E-state index >= 15 is 0 Å². The summed E-state index contributed by atoms with van der Waals surface area (Å²) in [6, 6.07) is 3.85. The average Bonchev–Trinajstić information content (AvgIpc) is 2.05. The molecule has 1 aromatic rings. The second kappa shape index (κ2) is 3.47. The minimum absolute atomic E-state index is 0.784. The Bertz CT molecular complexity index is 310. The highest BCUT2D eigenvalue weighted by atomic mass is 16.5. The summed E-state index contributed by atoms with van der Waals surface area (Å²) in [6.45, 7) is 3.01. The van der Waals surface area contributed by atoms with E-state index in [1.165, 1.54) is 0 Å². The van der Waals surface area contributed by atoms with Crippen LogP contribution in [0.1, 0.15) is 12.1 Å². The molecule has 1 saturated heterocycles. The van der Waals surface area contributed by atoms with Crippen LogP contribution in [0.4, 0.5) is 0 Å². The van der Waals surface area contributed by atoms with Gasteiger partial charge >= 0.3 is 0 Å².